The number of anilines is 2. The Kier molecular flexibility index (Phi) is 6.71. The molecule has 132 valence electrons. The molecule has 0 spiro atoms. The monoisotopic (exact) mass is 339 g/mol. The number of hydrogen-bond donors (Lipinski definition) is 3. The Labute approximate surface area is 148 Å². The van der Waals surface area contributed by atoms with Crippen LogP contribution < -0.4 is 16.4 Å². The molecule has 0 saturated carbocycles. The minimum atomic E-state index is -0.337. The van der Waals surface area contributed by atoms with Crippen LogP contribution in [0.25, 0.3) is 0 Å². The highest BCUT2D eigenvalue weighted by Gasteiger charge is 2.12. The van der Waals surface area contributed by atoms with Crippen LogP contribution in [0, 0.1) is 5.92 Å². The number of nitrogens with one attached hydrogen (secondary N) is 2. The van der Waals surface area contributed by atoms with Crippen LogP contribution in [-0.4, -0.2) is 11.8 Å². The number of carbonyl (C=O) groups excluding carboxylic acids is 2. The van der Waals surface area contributed by atoms with Crippen LogP contribution in [0.3, 0.4) is 0 Å². The molecule has 0 bridgehead atoms. The first kappa shape index (κ1) is 18.7. The third kappa shape index (κ3) is 6.39. The summed E-state index contributed by atoms with van der Waals surface area (Å²) in [6.45, 7) is 4.00. The molecule has 0 fully saturated rings. The van der Waals surface area contributed by atoms with Gasteiger partial charge in [-0.05, 0) is 35.7 Å². The molecule has 0 aliphatic carbocycles. The lowest BCUT2D eigenvalue weighted by Crippen LogP contribution is -2.20. The van der Waals surface area contributed by atoms with Crippen molar-refractivity contribution in [2.24, 2.45) is 11.7 Å². The zero-order chi connectivity index (χ0) is 18.2. The van der Waals surface area contributed by atoms with Gasteiger partial charge in [0, 0.05) is 30.3 Å². The molecule has 25 heavy (non-hydrogen) atoms. The summed E-state index contributed by atoms with van der Waals surface area (Å²) in [7, 11) is 0. The van der Waals surface area contributed by atoms with Crippen molar-refractivity contribution in [2.45, 2.75) is 32.7 Å². The molecule has 1 atom stereocenters. The Morgan fingerprint density at radius 1 is 0.840 bits per heavy atom. The quantitative estimate of drug-likeness (QED) is 0.719. The summed E-state index contributed by atoms with van der Waals surface area (Å²) in [5, 5.41) is 5.66. The molecule has 2 rings (SSSR count). The van der Waals surface area contributed by atoms with E-state index in [4.69, 9.17) is 5.73 Å². The lowest BCUT2D eigenvalue weighted by Gasteiger charge is -2.12. The van der Waals surface area contributed by atoms with Crippen molar-refractivity contribution in [3.63, 3.8) is 0 Å². The SMILES string of the molecule is CC(C)CC(=O)Nc1ccc(NC(=O)CC(N)c2ccccc2)cc1. The molecular weight excluding hydrogens is 314 g/mol. The second-order valence-electron chi connectivity index (χ2n) is 6.49. The lowest BCUT2D eigenvalue weighted by atomic mass is 10.0. The van der Waals surface area contributed by atoms with E-state index in [-0.39, 0.29) is 24.3 Å². The summed E-state index contributed by atoms with van der Waals surface area (Å²) in [5.74, 6) is 0.154. The van der Waals surface area contributed by atoms with Crippen LogP contribution in [0.15, 0.2) is 54.6 Å². The average Bonchev–Trinajstić information content (AvgIpc) is 2.56. The summed E-state index contributed by atoms with van der Waals surface area (Å²) >= 11 is 0. The van der Waals surface area contributed by atoms with E-state index in [1.165, 1.54) is 0 Å². The smallest absolute Gasteiger partial charge is 0.226 e. The van der Waals surface area contributed by atoms with Gasteiger partial charge < -0.3 is 16.4 Å². The van der Waals surface area contributed by atoms with E-state index in [0.717, 1.165) is 5.56 Å². The summed E-state index contributed by atoms with van der Waals surface area (Å²) < 4.78 is 0. The standard InChI is InChI=1S/C20H25N3O2/c1-14(2)12-19(24)22-16-8-10-17(11-9-16)23-20(25)13-18(21)15-6-4-3-5-7-15/h3-11,14,18H,12-13,21H2,1-2H3,(H,22,24)(H,23,25). The number of nitrogens with two attached hydrogens (primary N) is 1. The van der Waals surface area contributed by atoms with Crippen LogP contribution in [0.2, 0.25) is 0 Å². The fourth-order valence-electron chi connectivity index (χ4n) is 2.45. The lowest BCUT2D eigenvalue weighted by molar-refractivity contribution is -0.117. The number of amides is 2. The van der Waals surface area contributed by atoms with Crippen LogP contribution in [0.5, 0.6) is 0 Å². The fraction of sp³-hybridized carbons (Fsp3) is 0.300. The third-order valence-corrected chi connectivity index (χ3v) is 3.68. The highest BCUT2D eigenvalue weighted by molar-refractivity contribution is 5.93. The molecule has 0 saturated heterocycles. The van der Waals surface area contributed by atoms with E-state index in [0.29, 0.717) is 23.7 Å². The molecule has 0 aliphatic heterocycles. The van der Waals surface area contributed by atoms with Crippen molar-refractivity contribution in [1.82, 2.24) is 0 Å². The number of carbonyl (C=O) groups is 2. The van der Waals surface area contributed by atoms with E-state index < -0.39 is 0 Å². The van der Waals surface area contributed by atoms with Gasteiger partial charge in [-0.1, -0.05) is 44.2 Å². The summed E-state index contributed by atoms with van der Waals surface area (Å²) in [4.78, 5) is 23.9. The first-order valence-corrected chi connectivity index (χ1v) is 8.44. The van der Waals surface area contributed by atoms with Gasteiger partial charge in [0.1, 0.15) is 0 Å². The number of benzene rings is 2. The molecular formula is C20H25N3O2. The van der Waals surface area contributed by atoms with Crippen LogP contribution in [0.1, 0.15) is 38.3 Å². The first-order valence-electron chi connectivity index (χ1n) is 8.44. The highest BCUT2D eigenvalue weighted by atomic mass is 16.2. The number of rotatable bonds is 7. The normalized spacial score (nSPS) is 11.8. The maximum atomic E-state index is 12.1. The van der Waals surface area contributed by atoms with Gasteiger partial charge in [0.2, 0.25) is 11.8 Å². The minimum Gasteiger partial charge on any atom is -0.326 e. The van der Waals surface area contributed by atoms with Crippen molar-refractivity contribution < 1.29 is 9.59 Å². The zero-order valence-electron chi connectivity index (χ0n) is 14.7. The summed E-state index contributed by atoms with van der Waals surface area (Å²) in [6, 6.07) is 16.3. The van der Waals surface area contributed by atoms with Gasteiger partial charge in [-0.2, -0.15) is 0 Å². The molecule has 0 aliphatic rings. The fourth-order valence-corrected chi connectivity index (χ4v) is 2.45. The minimum absolute atomic E-state index is 0.0133. The molecule has 0 aromatic heterocycles. The molecule has 2 amide bonds. The molecule has 0 heterocycles. The first-order chi connectivity index (χ1) is 11.9. The van der Waals surface area contributed by atoms with Crippen LogP contribution >= 0.6 is 0 Å². The van der Waals surface area contributed by atoms with Gasteiger partial charge in [-0.25, -0.2) is 0 Å². The maximum absolute atomic E-state index is 12.1. The van der Waals surface area contributed by atoms with Crippen molar-refractivity contribution in [3.8, 4) is 0 Å². The van der Waals surface area contributed by atoms with Gasteiger partial charge >= 0.3 is 0 Å². The second kappa shape index (κ2) is 8.99. The van der Waals surface area contributed by atoms with Crippen molar-refractivity contribution in [2.75, 3.05) is 10.6 Å². The maximum Gasteiger partial charge on any atom is 0.226 e. The average molecular weight is 339 g/mol. The van der Waals surface area contributed by atoms with E-state index in [1.54, 1.807) is 24.3 Å². The van der Waals surface area contributed by atoms with Gasteiger partial charge in [-0.3, -0.25) is 9.59 Å². The topological polar surface area (TPSA) is 84.2 Å². The summed E-state index contributed by atoms with van der Waals surface area (Å²) in [5.41, 5.74) is 8.38. The van der Waals surface area contributed by atoms with Gasteiger partial charge in [-0.15, -0.1) is 0 Å². The molecule has 4 N–H and O–H groups in total. The van der Waals surface area contributed by atoms with E-state index in [2.05, 4.69) is 10.6 Å². The highest BCUT2D eigenvalue weighted by Crippen LogP contribution is 2.17. The Balaban J connectivity index is 1.86. The molecule has 0 radical (unpaired) electrons. The molecule has 2 aromatic carbocycles. The Morgan fingerprint density at radius 2 is 1.32 bits per heavy atom. The van der Waals surface area contributed by atoms with Gasteiger partial charge in [0.25, 0.3) is 0 Å². The van der Waals surface area contributed by atoms with Crippen molar-refractivity contribution in [1.29, 1.82) is 0 Å². The molecule has 5 nitrogen and oxygen atoms in total. The van der Waals surface area contributed by atoms with E-state index in [9.17, 15) is 9.59 Å². The Hall–Kier alpha value is -2.66. The van der Waals surface area contributed by atoms with Crippen LogP contribution in [0.4, 0.5) is 11.4 Å². The Bertz CT molecular complexity index is 697. The number of hydrogen-bond acceptors (Lipinski definition) is 3. The Morgan fingerprint density at radius 3 is 1.80 bits per heavy atom. The van der Waals surface area contributed by atoms with Gasteiger partial charge in [0.15, 0.2) is 0 Å². The van der Waals surface area contributed by atoms with E-state index in [1.807, 2.05) is 44.2 Å². The van der Waals surface area contributed by atoms with Crippen molar-refractivity contribution >= 4 is 23.2 Å². The molecule has 2 aromatic rings. The molecule has 1 unspecified atom stereocenters. The van der Waals surface area contributed by atoms with Crippen molar-refractivity contribution in [3.05, 3.63) is 60.2 Å². The van der Waals surface area contributed by atoms with Crippen LogP contribution in [-0.2, 0) is 9.59 Å². The molecule has 5 heteroatoms. The van der Waals surface area contributed by atoms with Gasteiger partial charge in [0.05, 0.1) is 0 Å². The second-order valence-corrected chi connectivity index (χ2v) is 6.49. The van der Waals surface area contributed by atoms with E-state index >= 15 is 0 Å². The summed E-state index contributed by atoms with van der Waals surface area (Å²) in [6.07, 6.45) is 0.687. The third-order valence-electron chi connectivity index (χ3n) is 3.68. The predicted molar refractivity (Wildman–Crippen MR) is 101 cm³/mol. The zero-order valence-corrected chi connectivity index (χ0v) is 14.7. The largest absolute Gasteiger partial charge is 0.326 e. The predicted octanol–water partition coefficient (Wildman–Crippen LogP) is 3.70.